The minimum absolute atomic E-state index is 0.267. The number of likely N-dealkylation sites (N-methyl/N-ethyl adjacent to an activating group) is 1. The van der Waals surface area contributed by atoms with Gasteiger partial charge in [-0.25, -0.2) is 4.99 Å². The molecule has 3 nitrogen and oxygen atoms in total. The van der Waals surface area contributed by atoms with Crippen molar-refractivity contribution in [3.63, 3.8) is 0 Å². The Hall–Kier alpha value is -0.830. The first-order chi connectivity index (χ1) is 4.75. The van der Waals surface area contributed by atoms with Crippen molar-refractivity contribution in [2.75, 3.05) is 13.6 Å². The Bertz CT molecular complexity index is 210. The number of aldehydes is 1. The number of hydrogen-bond donors (Lipinski definition) is 0. The van der Waals surface area contributed by atoms with E-state index < -0.39 is 0 Å². The summed E-state index contributed by atoms with van der Waals surface area (Å²) in [6.07, 6.45) is 2.37. The molecule has 0 aliphatic carbocycles. The molecule has 54 valence electrons. The van der Waals surface area contributed by atoms with Gasteiger partial charge in [-0.3, -0.25) is 4.79 Å². The van der Waals surface area contributed by atoms with Crippen LogP contribution in [0.3, 0.4) is 0 Å². The van der Waals surface area contributed by atoms with E-state index in [-0.39, 0.29) is 5.16 Å². The Morgan fingerprint density at radius 2 is 2.60 bits per heavy atom. The average molecular weight is 159 g/mol. The van der Waals surface area contributed by atoms with Crippen LogP contribution in [0.1, 0.15) is 0 Å². The molecule has 0 aromatic carbocycles. The highest BCUT2D eigenvalue weighted by atomic mass is 35.5. The lowest BCUT2D eigenvalue weighted by atomic mass is 10.4. The lowest BCUT2D eigenvalue weighted by molar-refractivity contribution is -0.106. The maximum Gasteiger partial charge on any atom is 0.169 e. The number of rotatable bonds is 1. The summed E-state index contributed by atoms with van der Waals surface area (Å²) in [7, 11) is 1.79. The zero-order chi connectivity index (χ0) is 7.56. The predicted molar refractivity (Wildman–Crippen MR) is 40.1 cm³/mol. The number of hydrogen-bond acceptors (Lipinski definition) is 3. The monoisotopic (exact) mass is 158 g/mol. The molecule has 1 rings (SSSR count). The highest BCUT2D eigenvalue weighted by Gasteiger charge is 2.10. The topological polar surface area (TPSA) is 32.7 Å². The molecule has 0 fully saturated rings. The van der Waals surface area contributed by atoms with Crippen LogP contribution >= 0.6 is 11.6 Å². The van der Waals surface area contributed by atoms with Gasteiger partial charge in [0.15, 0.2) is 11.4 Å². The molecule has 1 aliphatic heterocycles. The number of nitrogens with zero attached hydrogens (tertiary/aromatic N) is 2. The Labute approximate surface area is 64.0 Å². The minimum Gasteiger partial charge on any atom is -0.364 e. The molecule has 10 heavy (non-hydrogen) atoms. The van der Waals surface area contributed by atoms with Crippen molar-refractivity contribution in [3.05, 3.63) is 10.9 Å². The summed E-state index contributed by atoms with van der Waals surface area (Å²) >= 11 is 5.59. The zero-order valence-corrected chi connectivity index (χ0v) is 6.30. The van der Waals surface area contributed by atoms with Crippen LogP contribution in [0, 0.1) is 0 Å². The number of carbonyl (C=O) groups excluding carboxylic acids is 1. The summed E-state index contributed by atoms with van der Waals surface area (Å²) in [5.74, 6) is 0. The van der Waals surface area contributed by atoms with E-state index in [0.29, 0.717) is 18.5 Å². The molecule has 1 heterocycles. The molecule has 0 radical (unpaired) electrons. The van der Waals surface area contributed by atoms with Crippen molar-refractivity contribution in [2.45, 2.75) is 0 Å². The Morgan fingerprint density at radius 1 is 1.90 bits per heavy atom. The first-order valence-electron chi connectivity index (χ1n) is 2.84. The molecule has 0 aromatic rings. The number of aliphatic imine (C=N–C) groups is 1. The molecular weight excluding hydrogens is 152 g/mol. The third kappa shape index (κ3) is 1.19. The summed E-state index contributed by atoms with van der Waals surface area (Å²) in [5, 5.41) is 0.267. The van der Waals surface area contributed by atoms with Crippen molar-refractivity contribution < 1.29 is 4.79 Å². The van der Waals surface area contributed by atoms with Gasteiger partial charge in [0.2, 0.25) is 0 Å². The van der Waals surface area contributed by atoms with Crippen molar-refractivity contribution in [1.82, 2.24) is 4.90 Å². The van der Waals surface area contributed by atoms with Crippen LogP contribution in [0.15, 0.2) is 15.8 Å². The van der Waals surface area contributed by atoms with Crippen LogP contribution in [0.5, 0.6) is 0 Å². The zero-order valence-electron chi connectivity index (χ0n) is 5.54. The van der Waals surface area contributed by atoms with Gasteiger partial charge in [-0.15, -0.1) is 0 Å². The second-order valence-electron chi connectivity index (χ2n) is 1.99. The van der Waals surface area contributed by atoms with E-state index in [4.69, 9.17) is 11.6 Å². The van der Waals surface area contributed by atoms with Gasteiger partial charge in [-0.1, -0.05) is 11.6 Å². The van der Waals surface area contributed by atoms with Crippen LogP contribution in [0.25, 0.3) is 0 Å². The number of allylic oxidation sites excluding steroid dienone is 1. The molecule has 0 saturated heterocycles. The van der Waals surface area contributed by atoms with Gasteiger partial charge < -0.3 is 4.90 Å². The number of halogens is 1. The third-order valence-electron chi connectivity index (χ3n) is 1.29. The fourth-order valence-corrected chi connectivity index (χ4v) is 0.962. The van der Waals surface area contributed by atoms with Gasteiger partial charge in [-0.05, 0) is 0 Å². The van der Waals surface area contributed by atoms with Gasteiger partial charge in [0.25, 0.3) is 0 Å². The van der Waals surface area contributed by atoms with Crippen molar-refractivity contribution in [3.8, 4) is 0 Å². The maximum absolute atomic E-state index is 10.3. The lowest BCUT2D eigenvalue weighted by Gasteiger charge is -2.19. The van der Waals surface area contributed by atoms with E-state index in [1.54, 1.807) is 18.2 Å². The van der Waals surface area contributed by atoms with E-state index >= 15 is 0 Å². The fraction of sp³-hybridized carbons (Fsp3) is 0.333. The molecule has 0 bridgehead atoms. The number of carbonyl (C=O) groups is 1. The van der Waals surface area contributed by atoms with Crippen LogP contribution in [0.4, 0.5) is 0 Å². The molecule has 1 aliphatic rings. The van der Waals surface area contributed by atoms with Crippen LogP contribution in [-0.4, -0.2) is 31.0 Å². The average Bonchev–Trinajstić information content (AvgIpc) is 1.88. The summed E-state index contributed by atoms with van der Waals surface area (Å²) in [5.41, 5.74) is 0.448. The molecule has 0 spiro atoms. The van der Waals surface area contributed by atoms with E-state index in [2.05, 4.69) is 4.99 Å². The maximum atomic E-state index is 10.3. The molecule has 0 aromatic heterocycles. The highest BCUT2D eigenvalue weighted by molar-refractivity contribution is 6.31. The minimum atomic E-state index is 0.267. The molecule has 0 saturated carbocycles. The SMILES string of the molecule is CN1CC=NC(Cl)=C1C=O. The summed E-state index contributed by atoms with van der Waals surface area (Å²) in [4.78, 5) is 15.8. The van der Waals surface area contributed by atoms with E-state index in [0.717, 1.165) is 0 Å². The highest BCUT2D eigenvalue weighted by Crippen LogP contribution is 2.14. The van der Waals surface area contributed by atoms with Crippen LogP contribution in [0.2, 0.25) is 0 Å². The van der Waals surface area contributed by atoms with E-state index in [9.17, 15) is 4.79 Å². The third-order valence-corrected chi connectivity index (χ3v) is 1.59. The molecular formula is C6H7ClN2O. The summed E-state index contributed by atoms with van der Waals surface area (Å²) in [6.45, 7) is 0.643. The quantitative estimate of drug-likeness (QED) is 0.414. The first-order valence-corrected chi connectivity index (χ1v) is 3.22. The molecule has 0 atom stereocenters. The van der Waals surface area contributed by atoms with Gasteiger partial charge in [-0.2, -0.15) is 0 Å². The van der Waals surface area contributed by atoms with Crippen molar-refractivity contribution >= 4 is 24.1 Å². The molecule has 4 heteroatoms. The van der Waals surface area contributed by atoms with Crippen LogP contribution in [-0.2, 0) is 4.79 Å². The Morgan fingerprint density at radius 3 is 3.00 bits per heavy atom. The fourth-order valence-electron chi connectivity index (χ4n) is 0.704. The second kappa shape index (κ2) is 2.84. The first kappa shape index (κ1) is 7.28. The summed E-state index contributed by atoms with van der Waals surface area (Å²) in [6, 6.07) is 0. The van der Waals surface area contributed by atoms with E-state index in [1.165, 1.54) is 0 Å². The summed E-state index contributed by atoms with van der Waals surface area (Å²) < 4.78 is 0. The van der Waals surface area contributed by atoms with Crippen molar-refractivity contribution in [2.24, 2.45) is 4.99 Å². The van der Waals surface area contributed by atoms with Gasteiger partial charge in [0.1, 0.15) is 5.70 Å². The largest absolute Gasteiger partial charge is 0.364 e. The second-order valence-corrected chi connectivity index (χ2v) is 2.34. The molecule has 0 N–H and O–H groups in total. The van der Waals surface area contributed by atoms with Crippen molar-refractivity contribution in [1.29, 1.82) is 0 Å². The smallest absolute Gasteiger partial charge is 0.169 e. The van der Waals surface area contributed by atoms with Gasteiger partial charge in [0.05, 0.1) is 6.54 Å². The van der Waals surface area contributed by atoms with Gasteiger partial charge >= 0.3 is 0 Å². The Kier molecular flexibility index (Phi) is 2.06. The molecule has 0 amide bonds. The predicted octanol–water partition coefficient (Wildman–Crippen LogP) is 0.609. The standard InChI is InChI=1S/C6H7ClN2O/c1-9-3-2-8-6(7)5(9)4-10/h2,4H,3H2,1H3. The normalized spacial score (nSPS) is 18.0. The Balaban J connectivity index is 2.94. The van der Waals surface area contributed by atoms with Crippen LogP contribution < -0.4 is 0 Å². The molecule has 0 unspecified atom stereocenters. The lowest BCUT2D eigenvalue weighted by Crippen LogP contribution is -2.24. The van der Waals surface area contributed by atoms with E-state index in [1.807, 2.05) is 0 Å². The van der Waals surface area contributed by atoms with Gasteiger partial charge in [0, 0.05) is 13.3 Å².